The molecule has 4 aliphatic rings. The Kier molecular flexibility index (Phi) is 9.92. The van der Waals surface area contributed by atoms with Crippen LogP contribution in [0, 0.1) is 5.92 Å². The number of ether oxygens (including phenoxy) is 4. The van der Waals surface area contributed by atoms with Crippen LogP contribution in [-0.4, -0.2) is 81.9 Å². The molecule has 4 aliphatic heterocycles. The van der Waals surface area contributed by atoms with Gasteiger partial charge in [0.25, 0.3) is 11.8 Å². The first-order chi connectivity index (χ1) is 27.0. The third-order valence-electron chi connectivity index (χ3n) is 12.5. The molecule has 0 bridgehead atoms. The summed E-state index contributed by atoms with van der Waals surface area (Å²) in [7, 11) is 0.740. The molecule has 292 valence electrons. The largest absolute Gasteiger partial charge is 0.497 e. The van der Waals surface area contributed by atoms with Crippen LogP contribution in [0.15, 0.2) is 91.0 Å². The molecule has 0 radical (unpaired) electrons. The number of carbonyl (C=O) groups is 3. The van der Waals surface area contributed by atoms with Gasteiger partial charge in [-0.15, -0.1) is 0 Å². The summed E-state index contributed by atoms with van der Waals surface area (Å²) in [5.41, 5.74) is 2.07. The van der Waals surface area contributed by atoms with Crippen LogP contribution in [0.25, 0.3) is 0 Å². The van der Waals surface area contributed by atoms with Gasteiger partial charge in [0.05, 0.1) is 65.4 Å². The maximum Gasteiger partial charge on any atom is 0.269 e. The van der Waals surface area contributed by atoms with E-state index in [0.29, 0.717) is 29.4 Å². The molecule has 11 nitrogen and oxygen atoms in total. The molecule has 0 saturated carbocycles. The van der Waals surface area contributed by atoms with Crippen LogP contribution in [-0.2, 0) is 31.3 Å². The lowest BCUT2D eigenvalue weighted by Gasteiger charge is -2.37. The van der Waals surface area contributed by atoms with Crippen LogP contribution in [0.5, 0.6) is 17.2 Å². The number of methoxy groups -OCH3 is 2. The van der Waals surface area contributed by atoms with Crippen LogP contribution >= 0.6 is 0 Å². The van der Waals surface area contributed by atoms with Crippen LogP contribution in [0.3, 0.4) is 0 Å². The predicted molar refractivity (Wildman–Crippen MR) is 216 cm³/mol. The third-order valence-corrected chi connectivity index (χ3v) is 16.9. The van der Waals surface area contributed by atoms with Gasteiger partial charge in [-0.2, -0.15) is 0 Å². The molecule has 4 heterocycles. The summed E-state index contributed by atoms with van der Waals surface area (Å²) in [6.45, 7) is 7.36. The topological polar surface area (TPSA) is 118 Å². The van der Waals surface area contributed by atoms with E-state index in [2.05, 4.69) is 32.2 Å². The Morgan fingerprint density at radius 3 is 2.43 bits per heavy atom. The highest BCUT2D eigenvalue weighted by Crippen LogP contribution is 2.60. The lowest BCUT2D eigenvalue weighted by molar-refractivity contribution is -0.150. The van der Waals surface area contributed by atoms with Crippen LogP contribution < -0.4 is 29.2 Å². The van der Waals surface area contributed by atoms with Crippen molar-refractivity contribution < 1.29 is 38.4 Å². The lowest BCUT2D eigenvalue weighted by Crippen LogP contribution is -2.52. The number of nitrogens with zero attached hydrogens (tertiary/aromatic N) is 3. The van der Waals surface area contributed by atoms with Crippen LogP contribution in [0.4, 0.5) is 17.1 Å². The Balaban J connectivity index is 1.19. The van der Waals surface area contributed by atoms with Crippen molar-refractivity contribution in [1.29, 1.82) is 0 Å². The molecule has 4 aromatic rings. The molecule has 2 fully saturated rings. The second-order valence-electron chi connectivity index (χ2n) is 15.9. The number of rotatable bonds is 10. The van der Waals surface area contributed by atoms with Gasteiger partial charge in [0.1, 0.15) is 17.2 Å². The van der Waals surface area contributed by atoms with E-state index in [1.807, 2.05) is 78.9 Å². The first-order valence-corrected chi connectivity index (χ1v) is 22.5. The summed E-state index contributed by atoms with van der Waals surface area (Å²) in [6.07, 6.45) is 1.13. The number of benzene rings is 4. The number of hydrogen-bond donors (Lipinski definition) is 1. The number of amides is 3. The highest BCUT2D eigenvalue weighted by atomic mass is 28.3. The van der Waals surface area contributed by atoms with Gasteiger partial charge < -0.3 is 33.9 Å². The van der Waals surface area contributed by atoms with Crippen LogP contribution in [0.2, 0.25) is 18.6 Å². The lowest BCUT2D eigenvalue weighted by atomic mass is 9.82. The summed E-state index contributed by atoms with van der Waals surface area (Å²) in [6, 6.07) is 28.7. The predicted octanol–water partition coefficient (Wildman–Crippen LogP) is 5.90. The first kappa shape index (κ1) is 37.7. The minimum Gasteiger partial charge on any atom is -0.497 e. The maximum atomic E-state index is 15.4. The standard InChI is InChI=1S/C44H49N3O8Si/c1-28-42(56(4,5)34-18-15-32(52-2)16-19-34)39(24-40(49)45-21-9-12-31(45)26-48)55-44(28)35-23-33(53-3)17-20-36(35)46(43(44)51)25-29-10-8-11-30(22-29)47-37-13-6-7-14-38(37)54-27-41(47)50/h6-8,10-11,13-20,22-23,28,31,39,42,48H,9,12,21,24-27H2,1-5H3/t28-,31+,39+,42-,44+/m1/s1. The van der Waals surface area contributed by atoms with Gasteiger partial charge in [-0.1, -0.05) is 61.6 Å². The average Bonchev–Trinajstić information content (AvgIpc) is 3.88. The molecule has 1 N–H and O–H groups in total. The fourth-order valence-electron chi connectivity index (χ4n) is 9.78. The van der Waals surface area contributed by atoms with E-state index >= 15 is 4.79 Å². The van der Waals surface area contributed by atoms with Gasteiger partial charge in [0.2, 0.25) is 5.91 Å². The Morgan fingerprint density at radius 1 is 0.929 bits per heavy atom. The Labute approximate surface area is 328 Å². The van der Waals surface area contributed by atoms with Gasteiger partial charge in [-0.3, -0.25) is 19.3 Å². The third kappa shape index (κ3) is 6.14. The van der Waals surface area contributed by atoms with E-state index < -0.39 is 19.8 Å². The minimum absolute atomic E-state index is 0.0652. The zero-order valence-electron chi connectivity index (χ0n) is 32.6. The van der Waals surface area contributed by atoms with E-state index in [4.69, 9.17) is 18.9 Å². The first-order valence-electron chi connectivity index (χ1n) is 19.4. The number of anilines is 3. The van der Waals surface area contributed by atoms with E-state index in [0.717, 1.165) is 35.4 Å². The Morgan fingerprint density at radius 2 is 1.68 bits per heavy atom. The summed E-state index contributed by atoms with van der Waals surface area (Å²) >= 11 is 0. The number of aliphatic hydroxyl groups is 1. The van der Waals surface area contributed by atoms with Crippen molar-refractivity contribution >= 4 is 48.0 Å². The van der Waals surface area contributed by atoms with E-state index in [1.54, 1.807) is 28.9 Å². The van der Waals surface area contributed by atoms with Crippen molar-refractivity contribution in [3.05, 3.63) is 102 Å². The summed E-state index contributed by atoms with van der Waals surface area (Å²) in [5, 5.41) is 11.3. The van der Waals surface area contributed by atoms with E-state index in [1.165, 1.54) is 5.19 Å². The molecule has 8 rings (SSSR count). The molecule has 12 heteroatoms. The summed E-state index contributed by atoms with van der Waals surface area (Å²) in [4.78, 5) is 48.1. The van der Waals surface area contributed by atoms with Crippen molar-refractivity contribution in [3.63, 3.8) is 0 Å². The van der Waals surface area contributed by atoms with E-state index in [-0.39, 0.29) is 61.4 Å². The minimum atomic E-state index is -2.51. The molecule has 2 saturated heterocycles. The quantitative estimate of drug-likeness (QED) is 0.198. The second-order valence-corrected chi connectivity index (χ2v) is 20.5. The Bertz CT molecular complexity index is 2160. The highest BCUT2D eigenvalue weighted by Gasteiger charge is 2.66. The molecule has 3 amide bonds. The second kappa shape index (κ2) is 14.7. The Hall–Kier alpha value is -5.17. The maximum absolute atomic E-state index is 15.4. The van der Waals surface area contributed by atoms with Gasteiger partial charge >= 0.3 is 0 Å². The fourth-order valence-corrected chi connectivity index (χ4v) is 13.8. The number of fused-ring (bicyclic) bond motifs is 3. The zero-order chi connectivity index (χ0) is 39.4. The number of hydrogen-bond acceptors (Lipinski definition) is 8. The molecular weight excluding hydrogens is 727 g/mol. The van der Waals surface area contributed by atoms with Crippen molar-refractivity contribution in [2.45, 2.75) is 69.1 Å². The molecule has 4 aromatic carbocycles. The average molecular weight is 776 g/mol. The smallest absolute Gasteiger partial charge is 0.269 e. The van der Waals surface area contributed by atoms with Gasteiger partial charge in [0, 0.05) is 23.7 Å². The summed E-state index contributed by atoms with van der Waals surface area (Å²) < 4.78 is 24.2. The van der Waals surface area contributed by atoms with Crippen molar-refractivity contribution in [1.82, 2.24) is 4.90 Å². The monoisotopic (exact) mass is 775 g/mol. The SMILES string of the molecule is COc1ccc([Si](C)(C)[C@H]2[C@H](CC(=O)N3CCC[C@H]3CO)O[C@@]3(C(=O)N(Cc4cccc(N5C(=O)COc6ccccc65)c4)c4ccc(OC)cc43)[C@@H]2C)cc1. The fraction of sp³-hybridized carbons (Fsp3) is 0.386. The zero-order valence-corrected chi connectivity index (χ0v) is 33.6. The number of likely N-dealkylation sites (tertiary alicyclic amines) is 1. The molecule has 56 heavy (non-hydrogen) atoms. The number of carbonyl (C=O) groups excluding carboxylic acids is 3. The van der Waals surface area contributed by atoms with Gasteiger partial charge in [-0.25, -0.2) is 0 Å². The van der Waals surface area contributed by atoms with Gasteiger partial charge in [-0.05, 0) is 78.5 Å². The van der Waals surface area contributed by atoms with Crippen molar-refractivity contribution in [2.75, 3.05) is 43.8 Å². The highest BCUT2D eigenvalue weighted by molar-refractivity contribution is 6.91. The normalized spacial score (nSPS) is 24.4. The van der Waals surface area contributed by atoms with Gasteiger partial charge in [0.15, 0.2) is 12.2 Å². The summed E-state index contributed by atoms with van der Waals surface area (Å²) in [5.74, 6) is 1.22. The van der Waals surface area contributed by atoms with Crippen molar-refractivity contribution in [3.8, 4) is 17.2 Å². The molecular formula is C44H49N3O8Si. The number of aliphatic hydroxyl groups excluding tert-OH is 1. The van der Waals surface area contributed by atoms with Crippen molar-refractivity contribution in [2.24, 2.45) is 5.92 Å². The number of para-hydroxylation sites is 2. The van der Waals surface area contributed by atoms with E-state index in [9.17, 15) is 14.7 Å². The molecule has 0 aromatic heterocycles. The molecule has 0 unspecified atom stereocenters. The molecule has 1 spiro atoms. The molecule has 0 aliphatic carbocycles. The van der Waals surface area contributed by atoms with Crippen LogP contribution in [0.1, 0.15) is 37.3 Å². The molecule has 5 atom stereocenters.